The van der Waals surface area contributed by atoms with E-state index in [9.17, 15) is 9.90 Å². The molecule has 1 saturated carbocycles. The molecule has 3 unspecified atom stereocenters. The lowest BCUT2D eigenvalue weighted by Crippen LogP contribution is -2.32. The van der Waals surface area contributed by atoms with Crippen LogP contribution < -0.4 is 0 Å². The Morgan fingerprint density at radius 3 is 2.47 bits per heavy atom. The molecule has 2 aliphatic rings. The molecule has 2 rings (SSSR count). The van der Waals surface area contributed by atoms with Crippen LogP contribution in [0.2, 0.25) is 0 Å². The fourth-order valence-electron chi connectivity index (χ4n) is 3.05. The third-order valence-electron chi connectivity index (χ3n) is 3.68. The Bertz CT molecular complexity index is 232. The van der Waals surface area contributed by atoms with Crippen LogP contribution in [0.1, 0.15) is 25.7 Å². The monoisotopic (exact) mass is 213 g/mol. The van der Waals surface area contributed by atoms with Crippen molar-refractivity contribution in [3.8, 4) is 0 Å². The lowest BCUT2D eigenvalue weighted by atomic mass is 10.0. The highest BCUT2D eigenvalue weighted by atomic mass is 16.4. The first kappa shape index (κ1) is 10.9. The van der Waals surface area contributed by atoms with Gasteiger partial charge in [0.1, 0.15) is 0 Å². The van der Waals surface area contributed by atoms with Gasteiger partial charge < -0.3 is 15.1 Å². The van der Waals surface area contributed by atoms with Crippen molar-refractivity contribution in [2.45, 2.75) is 31.8 Å². The van der Waals surface area contributed by atoms with Crippen molar-refractivity contribution in [3.63, 3.8) is 0 Å². The summed E-state index contributed by atoms with van der Waals surface area (Å²) < 4.78 is 0. The average Bonchev–Trinajstić information content (AvgIpc) is 2.60. The molecule has 15 heavy (non-hydrogen) atoms. The molecule has 0 aromatic heterocycles. The van der Waals surface area contributed by atoms with Gasteiger partial charge in [0.15, 0.2) is 0 Å². The van der Waals surface area contributed by atoms with Crippen molar-refractivity contribution in [3.05, 3.63) is 0 Å². The number of carbonyl (C=O) groups is 1. The van der Waals surface area contributed by atoms with Gasteiger partial charge in [-0.3, -0.25) is 4.79 Å². The first-order valence-corrected chi connectivity index (χ1v) is 5.77. The van der Waals surface area contributed by atoms with Crippen LogP contribution in [0.15, 0.2) is 0 Å². The first-order valence-electron chi connectivity index (χ1n) is 5.77. The highest BCUT2D eigenvalue weighted by Gasteiger charge is 2.36. The van der Waals surface area contributed by atoms with Gasteiger partial charge in [0.05, 0.1) is 12.5 Å². The van der Waals surface area contributed by atoms with Gasteiger partial charge in [-0.25, -0.2) is 0 Å². The molecule has 86 valence electrons. The summed E-state index contributed by atoms with van der Waals surface area (Å²) >= 11 is 0. The number of hydrogen-bond acceptors (Lipinski definition) is 3. The SMILES string of the molecule is O=C(O)CC(O)CN1CC2CCCC2C1. The van der Waals surface area contributed by atoms with Crippen molar-refractivity contribution in [2.75, 3.05) is 19.6 Å². The minimum absolute atomic E-state index is 0.133. The van der Waals surface area contributed by atoms with E-state index >= 15 is 0 Å². The van der Waals surface area contributed by atoms with Crippen LogP contribution in [0, 0.1) is 11.8 Å². The van der Waals surface area contributed by atoms with E-state index < -0.39 is 12.1 Å². The number of aliphatic hydroxyl groups excluding tert-OH is 1. The van der Waals surface area contributed by atoms with E-state index in [0.29, 0.717) is 6.54 Å². The van der Waals surface area contributed by atoms with Gasteiger partial charge in [-0.15, -0.1) is 0 Å². The highest BCUT2D eigenvalue weighted by Crippen LogP contribution is 2.37. The summed E-state index contributed by atoms with van der Waals surface area (Å²) in [7, 11) is 0. The Morgan fingerprint density at radius 1 is 1.33 bits per heavy atom. The van der Waals surface area contributed by atoms with Crippen molar-refractivity contribution in [2.24, 2.45) is 11.8 Å². The molecule has 0 aromatic carbocycles. The maximum atomic E-state index is 10.4. The number of likely N-dealkylation sites (tertiary alicyclic amines) is 1. The molecule has 0 radical (unpaired) electrons. The Labute approximate surface area is 89.9 Å². The molecule has 0 amide bonds. The number of carboxylic acid groups (broad SMARTS) is 1. The number of nitrogens with zero attached hydrogens (tertiary/aromatic N) is 1. The maximum absolute atomic E-state index is 10.4. The van der Waals surface area contributed by atoms with Crippen molar-refractivity contribution >= 4 is 5.97 Å². The van der Waals surface area contributed by atoms with Gasteiger partial charge in [-0.1, -0.05) is 6.42 Å². The molecule has 3 atom stereocenters. The van der Waals surface area contributed by atoms with Gasteiger partial charge >= 0.3 is 5.97 Å². The molecule has 4 heteroatoms. The van der Waals surface area contributed by atoms with E-state index in [2.05, 4.69) is 4.90 Å². The van der Waals surface area contributed by atoms with Crippen LogP contribution in [0.25, 0.3) is 0 Å². The molecule has 0 spiro atoms. The number of hydrogen-bond donors (Lipinski definition) is 2. The number of aliphatic hydroxyl groups is 1. The summed E-state index contributed by atoms with van der Waals surface area (Å²) in [6.45, 7) is 2.64. The number of rotatable bonds is 4. The minimum Gasteiger partial charge on any atom is -0.481 e. The number of aliphatic carboxylic acids is 1. The number of β-amino-alcohol motifs (C(OH)–C–C–N with tert-alkyl or cyclic N) is 1. The maximum Gasteiger partial charge on any atom is 0.306 e. The van der Waals surface area contributed by atoms with E-state index in [-0.39, 0.29) is 6.42 Å². The van der Waals surface area contributed by atoms with E-state index in [0.717, 1.165) is 24.9 Å². The average molecular weight is 213 g/mol. The zero-order valence-electron chi connectivity index (χ0n) is 8.93. The van der Waals surface area contributed by atoms with Crippen molar-refractivity contribution < 1.29 is 15.0 Å². The van der Waals surface area contributed by atoms with Gasteiger partial charge in [0.25, 0.3) is 0 Å². The molecule has 0 bridgehead atoms. The predicted molar refractivity (Wildman–Crippen MR) is 55.5 cm³/mol. The van der Waals surface area contributed by atoms with E-state index in [1.807, 2.05) is 0 Å². The smallest absolute Gasteiger partial charge is 0.306 e. The zero-order valence-corrected chi connectivity index (χ0v) is 8.93. The molecule has 4 nitrogen and oxygen atoms in total. The van der Waals surface area contributed by atoms with Crippen LogP contribution in [-0.2, 0) is 4.79 Å². The minimum atomic E-state index is -0.915. The lowest BCUT2D eigenvalue weighted by molar-refractivity contribution is -0.139. The summed E-state index contributed by atoms with van der Waals surface area (Å²) in [5, 5.41) is 18.1. The topological polar surface area (TPSA) is 60.8 Å². The third-order valence-corrected chi connectivity index (χ3v) is 3.68. The molecular formula is C11H19NO3. The Morgan fingerprint density at radius 2 is 1.93 bits per heavy atom. The second-order valence-electron chi connectivity index (χ2n) is 4.92. The number of carboxylic acids is 1. The van der Waals surface area contributed by atoms with Gasteiger partial charge in [-0.05, 0) is 24.7 Å². The van der Waals surface area contributed by atoms with Gasteiger partial charge in [0.2, 0.25) is 0 Å². The standard InChI is InChI=1S/C11H19NO3/c13-10(4-11(14)15)7-12-5-8-2-1-3-9(8)6-12/h8-10,13H,1-7H2,(H,14,15). The summed E-state index contributed by atoms with van der Waals surface area (Å²) in [6.07, 6.45) is 3.14. The molecule has 1 heterocycles. The summed E-state index contributed by atoms with van der Waals surface area (Å²) in [6, 6.07) is 0. The van der Waals surface area contributed by atoms with E-state index in [1.54, 1.807) is 0 Å². The number of fused-ring (bicyclic) bond motifs is 1. The molecule has 1 aliphatic carbocycles. The molecule has 2 N–H and O–H groups in total. The van der Waals surface area contributed by atoms with Crippen molar-refractivity contribution in [1.29, 1.82) is 0 Å². The molecule has 2 fully saturated rings. The van der Waals surface area contributed by atoms with Crippen LogP contribution in [0.4, 0.5) is 0 Å². The second-order valence-corrected chi connectivity index (χ2v) is 4.92. The Kier molecular flexibility index (Phi) is 3.26. The Balaban J connectivity index is 1.75. The molecule has 1 saturated heterocycles. The second kappa shape index (κ2) is 4.49. The summed E-state index contributed by atoms with van der Waals surface area (Å²) in [4.78, 5) is 12.6. The van der Waals surface area contributed by atoms with Gasteiger partial charge in [0, 0.05) is 19.6 Å². The largest absolute Gasteiger partial charge is 0.481 e. The van der Waals surface area contributed by atoms with Gasteiger partial charge in [-0.2, -0.15) is 0 Å². The third kappa shape index (κ3) is 2.69. The fourth-order valence-corrected chi connectivity index (χ4v) is 3.05. The molecule has 1 aliphatic heterocycles. The van der Waals surface area contributed by atoms with E-state index in [4.69, 9.17) is 5.11 Å². The lowest BCUT2D eigenvalue weighted by Gasteiger charge is -2.19. The highest BCUT2D eigenvalue weighted by molar-refractivity contribution is 5.67. The Hall–Kier alpha value is -0.610. The van der Waals surface area contributed by atoms with Crippen LogP contribution in [-0.4, -0.2) is 46.8 Å². The normalized spacial score (nSPS) is 32.9. The van der Waals surface area contributed by atoms with Crippen LogP contribution >= 0.6 is 0 Å². The molecular weight excluding hydrogens is 194 g/mol. The van der Waals surface area contributed by atoms with Crippen LogP contribution in [0.3, 0.4) is 0 Å². The predicted octanol–water partition coefficient (Wildman–Crippen LogP) is 0.554. The van der Waals surface area contributed by atoms with E-state index in [1.165, 1.54) is 19.3 Å². The summed E-state index contributed by atoms with van der Waals surface area (Å²) in [5.74, 6) is 0.700. The molecule has 0 aromatic rings. The van der Waals surface area contributed by atoms with Crippen molar-refractivity contribution in [1.82, 2.24) is 4.90 Å². The fraction of sp³-hybridized carbons (Fsp3) is 0.909. The zero-order chi connectivity index (χ0) is 10.8. The quantitative estimate of drug-likeness (QED) is 0.716. The van der Waals surface area contributed by atoms with Crippen LogP contribution in [0.5, 0.6) is 0 Å². The summed E-state index contributed by atoms with van der Waals surface area (Å²) in [5.41, 5.74) is 0. The first-order chi connectivity index (χ1) is 7.15.